The van der Waals surface area contributed by atoms with E-state index in [1.807, 2.05) is 11.8 Å². The van der Waals surface area contributed by atoms with Gasteiger partial charge in [0, 0.05) is 18.6 Å². The van der Waals surface area contributed by atoms with Crippen LogP contribution in [0.2, 0.25) is 0 Å². The molecule has 6 nitrogen and oxygen atoms in total. The van der Waals surface area contributed by atoms with Crippen molar-refractivity contribution >= 4 is 12.0 Å². The molecule has 1 atom stereocenters. The first kappa shape index (κ1) is 19.0. The van der Waals surface area contributed by atoms with Gasteiger partial charge in [0.15, 0.2) is 0 Å². The second-order valence-corrected chi connectivity index (χ2v) is 8.26. The fourth-order valence-corrected chi connectivity index (χ4v) is 4.18. The van der Waals surface area contributed by atoms with E-state index in [0.29, 0.717) is 11.3 Å². The number of carbonyl (C=O) groups is 2. The third-order valence-corrected chi connectivity index (χ3v) is 5.57. The number of likely N-dealkylation sites (N-methyl/N-ethyl adjacent to an activating group) is 1. The zero-order valence-electron chi connectivity index (χ0n) is 15.3. The van der Waals surface area contributed by atoms with Crippen LogP contribution in [0.25, 0.3) is 0 Å². The van der Waals surface area contributed by atoms with Crippen molar-refractivity contribution in [1.29, 1.82) is 0 Å². The number of amides is 2. The molecule has 2 saturated carbocycles. The molecule has 2 aliphatic carbocycles. The van der Waals surface area contributed by atoms with Crippen LogP contribution in [0.5, 0.6) is 0 Å². The highest BCUT2D eigenvalue weighted by molar-refractivity contribution is 5.74. The van der Waals surface area contributed by atoms with Crippen molar-refractivity contribution in [2.45, 2.75) is 71.4 Å². The maximum Gasteiger partial charge on any atom is 0.317 e. The van der Waals surface area contributed by atoms with E-state index in [0.717, 1.165) is 25.9 Å². The minimum Gasteiger partial charge on any atom is -0.480 e. The van der Waals surface area contributed by atoms with Crippen molar-refractivity contribution < 1.29 is 14.7 Å². The summed E-state index contributed by atoms with van der Waals surface area (Å²) >= 11 is 0. The highest BCUT2D eigenvalue weighted by Crippen LogP contribution is 2.38. The Balaban J connectivity index is 1.63. The first-order chi connectivity index (χ1) is 11.3. The van der Waals surface area contributed by atoms with Crippen molar-refractivity contribution in [3.8, 4) is 0 Å². The number of hydrogen-bond donors (Lipinski definition) is 3. The Bertz CT molecular complexity index is 447. The maximum absolute atomic E-state index is 12.0. The summed E-state index contributed by atoms with van der Waals surface area (Å²) in [5.41, 5.74) is 0.399. The predicted octanol–water partition coefficient (Wildman–Crippen LogP) is 2.44. The van der Waals surface area contributed by atoms with Gasteiger partial charge in [0.05, 0.1) is 6.54 Å². The molecule has 0 aromatic carbocycles. The normalized spacial score (nSPS) is 28.9. The molecule has 0 bridgehead atoms. The Morgan fingerprint density at radius 1 is 1.29 bits per heavy atom. The van der Waals surface area contributed by atoms with Crippen LogP contribution in [-0.4, -0.2) is 53.7 Å². The Morgan fingerprint density at radius 2 is 2.00 bits per heavy atom. The van der Waals surface area contributed by atoms with Crippen LogP contribution in [-0.2, 0) is 4.79 Å². The molecule has 0 aliphatic heterocycles. The summed E-state index contributed by atoms with van der Waals surface area (Å²) in [6.07, 6.45) is 6.59. The Kier molecular flexibility index (Phi) is 6.49. The van der Waals surface area contributed by atoms with Crippen molar-refractivity contribution in [1.82, 2.24) is 15.5 Å². The molecule has 1 unspecified atom stereocenters. The largest absolute Gasteiger partial charge is 0.480 e. The number of carbonyl (C=O) groups excluding carboxylic acids is 1. The van der Waals surface area contributed by atoms with Gasteiger partial charge in [-0.3, -0.25) is 9.69 Å². The zero-order valence-corrected chi connectivity index (χ0v) is 15.3. The molecule has 2 aliphatic rings. The van der Waals surface area contributed by atoms with Crippen LogP contribution in [0.15, 0.2) is 0 Å². The molecule has 0 aromatic heterocycles. The SMILES string of the molecule is CCN(CC(=O)O)C1CC(NC(=O)NCC2CCCC(C)(C)C2)C1. The number of nitrogens with one attached hydrogen (secondary N) is 2. The molecular weight excluding hydrogens is 306 g/mol. The van der Waals surface area contributed by atoms with Gasteiger partial charge in [-0.2, -0.15) is 0 Å². The molecule has 0 radical (unpaired) electrons. The minimum atomic E-state index is -0.790. The molecule has 0 heterocycles. The van der Waals surface area contributed by atoms with Crippen LogP contribution < -0.4 is 10.6 Å². The Hall–Kier alpha value is -1.30. The van der Waals surface area contributed by atoms with Gasteiger partial charge in [-0.25, -0.2) is 4.79 Å². The second-order valence-electron chi connectivity index (χ2n) is 8.26. The van der Waals surface area contributed by atoms with Gasteiger partial charge in [0.25, 0.3) is 0 Å². The van der Waals surface area contributed by atoms with Crippen LogP contribution >= 0.6 is 0 Å². The van der Waals surface area contributed by atoms with E-state index >= 15 is 0 Å². The molecule has 138 valence electrons. The fourth-order valence-electron chi connectivity index (χ4n) is 4.18. The van der Waals surface area contributed by atoms with Crippen molar-refractivity contribution in [2.24, 2.45) is 11.3 Å². The monoisotopic (exact) mass is 339 g/mol. The third kappa shape index (κ3) is 5.65. The lowest BCUT2D eigenvalue weighted by molar-refractivity contribution is -0.139. The molecular formula is C18H33N3O3. The Morgan fingerprint density at radius 3 is 2.58 bits per heavy atom. The first-order valence-electron chi connectivity index (χ1n) is 9.29. The number of carboxylic acid groups (broad SMARTS) is 1. The summed E-state index contributed by atoms with van der Waals surface area (Å²) in [6.45, 7) is 8.16. The number of nitrogens with zero attached hydrogens (tertiary/aromatic N) is 1. The fraction of sp³-hybridized carbons (Fsp3) is 0.889. The van der Waals surface area contributed by atoms with Crippen molar-refractivity contribution in [3.63, 3.8) is 0 Å². The average Bonchev–Trinajstić information content (AvgIpc) is 2.45. The lowest BCUT2D eigenvalue weighted by Crippen LogP contribution is -2.56. The van der Waals surface area contributed by atoms with E-state index in [1.165, 1.54) is 25.7 Å². The quantitative estimate of drug-likeness (QED) is 0.665. The number of rotatable bonds is 7. The minimum absolute atomic E-state index is 0.0805. The summed E-state index contributed by atoms with van der Waals surface area (Å²) in [5.74, 6) is -0.207. The van der Waals surface area contributed by atoms with E-state index in [1.54, 1.807) is 0 Å². The summed E-state index contributed by atoms with van der Waals surface area (Å²) in [5, 5.41) is 14.9. The second kappa shape index (κ2) is 8.19. The van der Waals surface area contributed by atoms with E-state index in [4.69, 9.17) is 5.11 Å². The summed E-state index contributed by atoms with van der Waals surface area (Å²) in [4.78, 5) is 24.8. The van der Waals surface area contributed by atoms with Gasteiger partial charge in [0.2, 0.25) is 0 Å². The highest BCUT2D eigenvalue weighted by Gasteiger charge is 2.35. The van der Waals surface area contributed by atoms with Gasteiger partial charge in [-0.15, -0.1) is 0 Å². The van der Waals surface area contributed by atoms with E-state index in [-0.39, 0.29) is 24.7 Å². The van der Waals surface area contributed by atoms with Crippen LogP contribution in [0.4, 0.5) is 4.79 Å². The molecule has 3 N–H and O–H groups in total. The third-order valence-electron chi connectivity index (χ3n) is 5.57. The lowest BCUT2D eigenvalue weighted by atomic mass is 9.72. The van der Waals surface area contributed by atoms with Gasteiger partial charge in [0.1, 0.15) is 0 Å². The van der Waals surface area contributed by atoms with E-state index in [9.17, 15) is 9.59 Å². The Labute approximate surface area is 145 Å². The molecule has 2 amide bonds. The predicted molar refractivity (Wildman–Crippen MR) is 94.0 cm³/mol. The molecule has 2 fully saturated rings. The van der Waals surface area contributed by atoms with E-state index in [2.05, 4.69) is 24.5 Å². The lowest BCUT2D eigenvalue weighted by Gasteiger charge is -2.42. The summed E-state index contributed by atoms with van der Waals surface area (Å²) in [6, 6.07) is 0.360. The molecule has 0 aromatic rings. The number of urea groups is 1. The molecule has 0 saturated heterocycles. The van der Waals surface area contributed by atoms with Gasteiger partial charge < -0.3 is 15.7 Å². The highest BCUT2D eigenvalue weighted by atomic mass is 16.4. The van der Waals surface area contributed by atoms with Gasteiger partial charge in [-0.1, -0.05) is 27.2 Å². The van der Waals surface area contributed by atoms with Crippen molar-refractivity contribution in [3.05, 3.63) is 0 Å². The number of carboxylic acids is 1. The van der Waals surface area contributed by atoms with Gasteiger partial charge in [-0.05, 0) is 50.0 Å². The van der Waals surface area contributed by atoms with Gasteiger partial charge >= 0.3 is 12.0 Å². The topological polar surface area (TPSA) is 81.7 Å². The number of hydrogen-bond acceptors (Lipinski definition) is 3. The summed E-state index contributed by atoms with van der Waals surface area (Å²) in [7, 11) is 0. The van der Waals surface area contributed by atoms with E-state index < -0.39 is 5.97 Å². The zero-order chi connectivity index (χ0) is 17.7. The van der Waals surface area contributed by atoms with Crippen LogP contribution in [0.1, 0.15) is 59.3 Å². The standard InChI is InChI=1S/C18H33N3O3/c1-4-21(12-16(22)23)15-8-14(9-15)20-17(24)19-11-13-6-5-7-18(2,3)10-13/h13-15H,4-12H2,1-3H3,(H,22,23)(H2,19,20,24). The van der Waals surface area contributed by atoms with Crippen molar-refractivity contribution in [2.75, 3.05) is 19.6 Å². The molecule has 24 heavy (non-hydrogen) atoms. The maximum atomic E-state index is 12.0. The smallest absolute Gasteiger partial charge is 0.317 e. The number of aliphatic carboxylic acids is 1. The van der Waals surface area contributed by atoms with Crippen LogP contribution in [0, 0.1) is 11.3 Å². The summed E-state index contributed by atoms with van der Waals surface area (Å²) < 4.78 is 0. The van der Waals surface area contributed by atoms with Crippen LogP contribution in [0.3, 0.4) is 0 Å². The molecule has 2 rings (SSSR count). The molecule has 6 heteroatoms. The average molecular weight is 339 g/mol. The first-order valence-corrected chi connectivity index (χ1v) is 9.29. The molecule has 0 spiro atoms.